The summed E-state index contributed by atoms with van der Waals surface area (Å²) in [5.41, 5.74) is 6.21. The second-order valence-corrected chi connectivity index (χ2v) is 4.79. The maximum atomic E-state index is 5.82. The average molecular weight is 184 g/mol. The van der Waals surface area contributed by atoms with E-state index >= 15 is 0 Å². The van der Waals surface area contributed by atoms with Gasteiger partial charge in [0, 0.05) is 18.1 Å². The van der Waals surface area contributed by atoms with E-state index in [2.05, 4.69) is 25.7 Å². The van der Waals surface area contributed by atoms with Crippen molar-refractivity contribution in [2.75, 3.05) is 13.1 Å². The highest BCUT2D eigenvalue weighted by Crippen LogP contribution is 2.31. The molecule has 0 aliphatic carbocycles. The minimum Gasteiger partial charge on any atom is -0.329 e. The molecule has 1 unspecified atom stereocenters. The molecule has 0 saturated carbocycles. The van der Waals surface area contributed by atoms with Gasteiger partial charge >= 0.3 is 0 Å². The third-order valence-electron chi connectivity index (χ3n) is 3.30. The van der Waals surface area contributed by atoms with Gasteiger partial charge in [-0.1, -0.05) is 13.3 Å². The largest absolute Gasteiger partial charge is 0.329 e. The van der Waals surface area contributed by atoms with Crippen LogP contribution in [0.5, 0.6) is 0 Å². The molecule has 0 aromatic rings. The normalized spacial score (nSPS) is 24.9. The summed E-state index contributed by atoms with van der Waals surface area (Å²) in [5, 5.41) is 0. The highest BCUT2D eigenvalue weighted by Gasteiger charge is 2.35. The van der Waals surface area contributed by atoms with Crippen LogP contribution in [-0.2, 0) is 0 Å². The van der Waals surface area contributed by atoms with Crippen molar-refractivity contribution in [3.63, 3.8) is 0 Å². The first kappa shape index (κ1) is 11.0. The van der Waals surface area contributed by atoms with Gasteiger partial charge in [-0.25, -0.2) is 0 Å². The Morgan fingerprint density at radius 2 is 2.15 bits per heavy atom. The standard InChI is InChI=1S/C11H24N2/c1-4-6-10(9-12)13-8-5-7-11(13,2)3/h10H,4-9,12H2,1-3H3. The first-order valence-corrected chi connectivity index (χ1v) is 5.58. The number of hydrogen-bond donors (Lipinski definition) is 1. The van der Waals surface area contributed by atoms with Gasteiger partial charge in [0.15, 0.2) is 0 Å². The lowest BCUT2D eigenvalue weighted by Crippen LogP contribution is -2.48. The molecular formula is C11H24N2. The third kappa shape index (κ3) is 2.44. The fraction of sp³-hybridized carbons (Fsp3) is 1.00. The van der Waals surface area contributed by atoms with E-state index in [1.54, 1.807) is 0 Å². The summed E-state index contributed by atoms with van der Waals surface area (Å²) in [7, 11) is 0. The second-order valence-electron chi connectivity index (χ2n) is 4.79. The fourth-order valence-corrected chi connectivity index (χ4v) is 2.54. The number of nitrogens with zero attached hydrogens (tertiary/aromatic N) is 1. The van der Waals surface area contributed by atoms with Crippen molar-refractivity contribution in [3.05, 3.63) is 0 Å². The smallest absolute Gasteiger partial charge is 0.0223 e. The Labute approximate surface area is 82.5 Å². The SMILES string of the molecule is CCCC(CN)N1CCCC1(C)C. The molecule has 0 spiro atoms. The van der Waals surface area contributed by atoms with Gasteiger partial charge in [0.1, 0.15) is 0 Å². The van der Waals surface area contributed by atoms with Crippen molar-refractivity contribution < 1.29 is 0 Å². The Kier molecular flexibility index (Phi) is 3.74. The molecule has 0 aromatic heterocycles. The minimum atomic E-state index is 0.388. The minimum absolute atomic E-state index is 0.388. The summed E-state index contributed by atoms with van der Waals surface area (Å²) < 4.78 is 0. The average Bonchev–Trinajstić information content (AvgIpc) is 2.41. The van der Waals surface area contributed by atoms with Crippen molar-refractivity contribution >= 4 is 0 Å². The molecule has 1 fully saturated rings. The van der Waals surface area contributed by atoms with Gasteiger partial charge in [0.25, 0.3) is 0 Å². The first-order valence-electron chi connectivity index (χ1n) is 5.58. The number of hydrogen-bond acceptors (Lipinski definition) is 2. The highest BCUT2D eigenvalue weighted by atomic mass is 15.2. The van der Waals surface area contributed by atoms with E-state index in [4.69, 9.17) is 5.73 Å². The van der Waals surface area contributed by atoms with Crippen LogP contribution in [0.4, 0.5) is 0 Å². The lowest BCUT2D eigenvalue weighted by molar-refractivity contribution is 0.113. The summed E-state index contributed by atoms with van der Waals surface area (Å²) in [6, 6.07) is 0.613. The van der Waals surface area contributed by atoms with E-state index < -0.39 is 0 Å². The zero-order valence-corrected chi connectivity index (χ0v) is 9.34. The number of nitrogens with two attached hydrogens (primary N) is 1. The predicted molar refractivity (Wildman–Crippen MR) is 57.8 cm³/mol. The molecule has 13 heavy (non-hydrogen) atoms. The van der Waals surface area contributed by atoms with Crippen molar-refractivity contribution in [1.82, 2.24) is 4.90 Å². The van der Waals surface area contributed by atoms with Gasteiger partial charge in [-0.05, 0) is 39.7 Å². The molecule has 1 aliphatic rings. The van der Waals surface area contributed by atoms with E-state index in [0.717, 1.165) is 6.54 Å². The lowest BCUT2D eigenvalue weighted by atomic mass is 9.99. The summed E-state index contributed by atoms with van der Waals surface area (Å²) in [6.07, 6.45) is 5.16. The van der Waals surface area contributed by atoms with Gasteiger partial charge in [-0.15, -0.1) is 0 Å². The van der Waals surface area contributed by atoms with Gasteiger partial charge in [0.05, 0.1) is 0 Å². The fourth-order valence-electron chi connectivity index (χ4n) is 2.54. The predicted octanol–water partition coefficient (Wildman–Crippen LogP) is 1.99. The summed E-state index contributed by atoms with van der Waals surface area (Å²) in [6.45, 7) is 8.99. The molecule has 0 radical (unpaired) electrons. The van der Waals surface area contributed by atoms with Crippen molar-refractivity contribution in [2.24, 2.45) is 5.73 Å². The molecule has 78 valence electrons. The quantitative estimate of drug-likeness (QED) is 0.724. The molecule has 2 N–H and O–H groups in total. The van der Waals surface area contributed by atoms with E-state index in [1.165, 1.54) is 32.2 Å². The van der Waals surface area contributed by atoms with Gasteiger partial charge in [0.2, 0.25) is 0 Å². The van der Waals surface area contributed by atoms with E-state index in [-0.39, 0.29) is 0 Å². The van der Waals surface area contributed by atoms with Crippen LogP contribution in [0.25, 0.3) is 0 Å². The van der Waals surface area contributed by atoms with Crippen LogP contribution >= 0.6 is 0 Å². The van der Waals surface area contributed by atoms with Crippen molar-refractivity contribution in [1.29, 1.82) is 0 Å². The molecule has 1 saturated heterocycles. The Balaban J connectivity index is 2.57. The van der Waals surface area contributed by atoms with Crippen LogP contribution in [0, 0.1) is 0 Å². The maximum Gasteiger partial charge on any atom is 0.0223 e. The monoisotopic (exact) mass is 184 g/mol. The number of likely N-dealkylation sites (tertiary alicyclic amines) is 1. The van der Waals surface area contributed by atoms with Gasteiger partial charge in [-0.3, -0.25) is 4.90 Å². The summed E-state index contributed by atoms with van der Waals surface area (Å²) in [5.74, 6) is 0. The van der Waals surface area contributed by atoms with E-state index in [9.17, 15) is 0 Å². The Morgan fingerprint density at radius 3 is 2.54 bits per heavy atom. The van der Waals surface area contributed by atoms with Crippen molar-refractivity contribution in [2.45, 2.75) is 58.0 Å². The Bertz CT molecular complexity index is 154. The Morgan fingerprint density at radius 1 is 1.46 bits per heavy atom. The van der Waals surface area contributed by atoms with Crippen molar-refractivity contribution in [3.8, 4) is 0 Å². The lowest BCUT2D eigenvalue weighted by Gasteiger charge is -2.38. The molecule has 1 rings (SSSR count). The zero-order chi connectivity index (χ0) is 9.90. The van der Waals surface area contributed by atoms with E-state index in [0.29, 0.717) is 11.6 Å². The van der Waals surface area contributed by atoms with Crippen LogP contribution in [0.1, 0.15) is 46.5 Å². The molecule has 0 bridgehead atoms. The van der Waals surface area contributed by atoms with Crippen LogP contribution in [-0.4, -0.2) is 29.6 Å². The number of rotatable bonds is 4. The molecule has 0 amide bonds. The molecule has 1 atom stereocenters. The maximum absolute atomic E-state index is 5.82. The highest BCUT2D eigenvalue weighted by molar-refractivity contribution is 4.92. The van der Waals surface area contributed by atoms with Crippen LogP contribution in [0.2, 0.25) is 0 Å². The Hall–Kier alpha value is -0.0800. The topological polar surface area (TPSA) is 29.3 Å². The molecular weight excluding hydrogens is 160 g/mol. The third-order valence-corrected chi connectivity index (χ3v) is 3.30. The van der Waals surface area contributed by atoms with Crippen LogP contribution < -0.4 is 5.73 Å². The summed E-state index contributed by atoms with van der Waals surface area (Å²) in [4.78, 5) is 2.61. The van der Waals surface area contributed by atoms with Crippen LogP contribution in [0.15, 0.2) is 0 Å². The van der Waals surface area contributed by atoms with E-state index in [1.807, 2.05) is 0 Å². The molecule has 1 aliphatic heterocycles. The molecule has 2 heteroatoms. The molecule has 2 nitrogen and oxygen atoms in total. The summed E-state index contributed by atoms with van der Waals surface area (Å²) >= 11 is 0. The second kappa shape index (κ2) is 4.43. The molecule has 1 heterocycles. The van der Waals surface area contributed by atoms with Gasteiger partial charge in [-0.2, -0.15) is 0 Å². The van der Waals surface area contributed by atoms with Crippen LogP contribution in [0.3, 0.4) is 0 Å². The zero-order valence-electron chi connectivity index (χ0n) is 9.34. The van der Waals surface area contributed by atoms with Gasteiger partial charge < -0.3 is 5.73 Å². The first-order chi connectivity index (χ1) is 6.11. The molecule has 0 aromatic carbocycles.